The molecule has 6 nitrogen and oxygen atoms in total. The second-order valence-corrected chi connectivity index (χ2v) is 6.48. The molecule has 1 amide bonds. The number of ketones is 1. The highest BCUT2D eigenvalue weighted by Gasteiger charge is 2.45. The van der Waals surface area contributed by atoms with Gasteiger partial charge >= 0.3 is 0 Å². The van der Waals surface area contributed by atoms with Gasteiger partial charge in [0.2, 0.25) is 0 Å². The van der Waals surface area contributed by atoms with Crippen molar-refractivity contribution >= 4 is 17.4 Å². The first kappa shape index (κ1) is 19.6. The molecule has 2 aromatic carbocycles. The Bertz CT molecular complexity index is 874. The number of carbonyl (C=O) groups excluding carboxylic acids is 2. The largest absolute Gasteiger partial charge is 0.507 e. The lowest BCUT2D eigenvalue weighted by Crippen LogP contribution is -2.31. The number of hydrogen-bond acceptors (Lipinski definition) is 5. The molecule has 28 heavy (non-hydrogen) atoms. The van der Waals surface area contributed by atoms with Gasteiger partial charge in [0.05, 0.1) is 18.7 Å². The van der Waals surface area contributed by atoms with Crippen molar-refractivity contribution in [2.24, 2.45) is 0 Å². The van der Waals surface area contributed by atoms with Crippen LogP contribution in [0.4, 0.5) is 0 Å². The van der Waals surface area contributed by atoms with E-state index < -0.39 is 17.7 Å². The lowest BCUT2D eigenvalue weighted by atomic mass is 9.95. The molecule has 1 unspecified atom stereocenters. The van der Waals surface area contributed by atoms with Crippen molar-refractivity contribution in [3.8, 4) is 5.75 Å². The van der Waals surface area contributed by atoms with E-state index in [1.807, 2.05) is 30.3 Å². The second kappa shape index (κ2) is 8.71. The van der Waals surface area contributed by atoms with E-state index in [1.165, 1.54) is 4.90 Å². The fraction of sp³-hybridized carbons (Fsp3) is 0.273. The Morgan fingerprint density at radius 1 is 1.04 bits per heavy atom. The average molecular weight is 381 g/mol. The van der Waals surface area contributed by atoms with Crippen molar-refractivity contribution in [1.29, 1.82) is 0 Å². The summed E-state index contributed by atoms with van der Waals surface area (Å²) in [5.74, 6) is -0.847. The third-order valence-electron chi connectivity index (χ3n) is 4.77. The number of carbonyl (C=O) groups is 2. The Balaban J connectivity index is 2.07. The van der Waals surface area contributed by atoms with E-state index in [0.717, 1.165) is 5.56 Å². The summed E-state index contributed by atoms with van der Waals surface area (Å²) in [4.78, 5) is 27.0. The first-order valence-corrected chi connectivity index (χ1v) is 9.05. The molecule has 1 aliphatic rings. The van der Waals surface area contributed by atoms with Crippen molar-refractivity contribution in [2.45, 2.75) is 12.5 Å². The number of ether oxygens (including phenoxy) is 2. The third kappa shape index (κ3) is 3.77. The smallest absolute Gasteiger partial charge is 0.295 e. The van der Waals surface area contributed by atoms with Crippen molar-refractivity contribution < 1.29 is 24.2 Å². The molecule has 1 N–H and O–H groups in total. The number of rotatable bonds is 7. The Kier molecular flexibility index (Phi) is 6.11. The highest BCUT2D eigenvalue weighted by Crippen LogP contribution is 2.39. The molecular formula is C22H23NO5. The van der Waals surface area contributed by atoms with E-state index in [0.29, 0.717) is 30.9 Å². The Morgan fingerprint density at radius 3 is 2.32 bits per heavy atom. The number of amides is 1. The topological polar surface area (TPSA) is 76.1 Å². The van der Waals surface area contributed by atoms with E-state index in [9.17, 15) is 14.7 Å². The van der Waals surface area contributed by atoms with Gasteiger partial charge in [0, 0.05) is 25.8 Å². The van der Waals surface area contributed by atoms with Crippen molar-refractivity contribution in [3.05, 3.63) is 71.3 Å². The molecule has 1 fully saturated rings. The first-order valence-electron chi connectivity index (χ1n) is 9.05. The van der Waals surface area contributed by atoms with Gasteiger partial charge in [-0.2, -0.15) is 0 Å². The Labute approximate surface area is 164 Å². The fourth-order valence-electron chi connectivity index (χ4n) is 3.38. The third-order valence-corrected chi connectivity index (χ3v) is 4.77. The highest BCUT2D eigenvalue weighted by atomic mass is 16.5. The number of nitrogens with zero attached hydrogens (tertiary/aromatic N) is 1. The molecule has 0 saturated carbocycles. The Hall–Kier alpha value is -3.12. The number of hydrogen-bond donors (Lipinski definition) is 1. The molecule has 0 spiro atoms. The minimum Gasteiger partial charge on any atom is -0.507 e. The predicted octanol–water partition coefficient (Wildman–Crippen LogP) is 3.15. The van der Waals surface area contributed by atoms with Gasteiger partial charge in [0.25, 0.3) is 11.7 Å². The minimum atomic E-state index is -0.681. The molecule has 1 heterocycles. The summed E-state index contributed by atoms with van der Waals surface area (Å²) in [5, 5.41) is 10.9. The van der Waals surface area contributed by atoms with E-state index in [1.54, 1.807) is 38.5 Å². The number of methoxy groups -OCH3 is 2. The lowest BCUT2D eigenvalue weighted by Gasteiger charge is -2.25. The van der Waals surface area contributed by atoms with Crippen LogP contribution < -0.4 is 4.74 Å². The zero-order valence-corrected chi connectivity index (χ0v) is 15.9. The van der Waals surface area contributed by atoms with Crippen LogP contribution in [0.1, 0.15) is 23.6 Å². The molecule has 0 bridgehead atoms. The van der Waals surface area contributed by atoms with Crippen LogP contribution in [0, 0.1) is 0 Å². The van der Waals surface area contributed by atoms with Gasteiger partial charge in [-0.1, -0.05) is 30.3 Å². The van der Waals surface area contributed by atoms with Crippen LogP contribution in [0.2, 0.25) is 0 Å². The molecule has 0 aliphatic carbocycles. The van der Waals surface area contributed by atoms with Gasteiger partial charge in [-0.25, -0.2) is 0 Å². The molecule has 6 heteroatoms. The van der Waals surface area contributed by atoms with E-state index >= 15 is 0 Å². The maximum absolute atomic E-state index is 12.8. The highest BCUT2D eigenvalue weighted by molar-refractivity contribution is 6.46. The summed E-state index contributed by atoms with van der Waals surface area (Å²) < 4.78 is 10.2. The van der Waals surface area contributed by atoms with Crippen LogP contribution in [0.15, 0.2) is 60.2 Å². The number of benzene rings is 2. The van der Waals surface area contributed by atoms with Gasteiger partial charge in [0.15, 0.2) is 0 Å². The van der Waals surface area contributed by atoms with Gasteiger partial charge in [0.1, 0.15) is 11.5 Å². The monoisotopic (exact) mass is 381 g/mol. The van der Waals surface area contributed by atoms with Crippen LogP contribution in [-0.4, -0.2) is 49.1 Å². The zero-order valence-electron chi connectivity index (χ0n) is 15.9. The predicted molar refractivity (Wildman–Crippen MR) is 105 cm³/mol. The minimum absolute atomic E-state index is 0.0961. The molecule has 2 aromatic rings. The van der Waals surface area contributed by atoms with Crippen LogP contribution >= 0.6 is 0 Å². The van der Waals surface area contributed by atoms with Crippen molar-refractivity contribution in [2.75, 3.05) is 27.4 Å². The summed E-state index contributed by atoms with van der Waals surface area (Å²) in [6.45, 7) is 0.834. The van der Waals surface area contributed by atoms with Gasteiger partial charge < -0.3 is 19.5 Å². The molecule has 3 rings (SSSR count). The molecule has 146 valence electrons. The van der Waals surface area contributed by atoms with Crippen LogP contribution in [0.5, 0.6) is 5.75 Å². The summed E-state index contributed by atoms with van der Waals surface area (Å²) in [6, 6.07) is 15.3. The Morgan fingerprint density at radius 2 is 1.71 bits per heavy atom. The maximum atomic E-state index is 12.8. The first-order chi connectivity index (χ1) is 13.6. The summed E-state index contributed by atoms with van der Waals surface area (Å²) in [6.07, 6.45) is 0.593. The summed E-state index contributed by atoms with van der Waals surface area (Å²) in [5.41, 5.74) is 1.32. The second-order valence-electron chi connectivity index (χ2n) is 6.48. The molecule has 0 radical (unpaired) electrons. The quantitative estimate of drug-likeness (QED) is 0.345. The van der Waals surface area contributed by atoms with E-state index in [-0.39, 0.29) is 11.3 Å². The molecule has 1 aliphatic heterocycles. The maximum Gasteiger partial charge on any atom is 0.295 e. The van der Waals surface area contributed by atoms with E-state index in [4.69, 9.17) is 9.47 Å². The summed E-state index contributed by atoms with van der Waals surface area (Å²) >= 11 is 0. The average Bonchev–Trinajstić information content (AvgIpc) is 2.99. The number of aliphatic hydroxyl groups excluding tert-OH is 1. The molecule has 1 saturated heterocycles. The number of aliphatic hydroxyl groups is 1. The van der Waals surface area contributed by atoms with Crippen molar-refractivity contribution in [3.63, 3.8) is 0 Å². The fourth-order valence-corrected chi connectivity index (χ4v) is 3.38. The van der Waals surface area contributed by atoms with E-state index in [2.05, 4.69) is 0 Å². The van der Waals surface area contributed by atoms with Gasteiger partial charge in [-0.3, -0.25) is 9.59 Å². The standard InChI is InChI=1S/C22H23NO5/c1-27-14-6-13-23-19(15-7-4-3-5-8-15)18(21(25)22(23)26)20(24)16-9-11-17(28-2)12-10-16/h3-5,7-12,19,24H,6,13-14H2,1-2H3. The zero-order chi connectivity index (χ0) is 20.1. The SMILES string of the molecule is COCCCN1C(=O)C(=O)C(=C(O)c2ccc(OC)cc2)C1c1ccccc1. The summed E-state index contributed by atoms with van der Waals surface area (Å²) in [7, 11) is 3.14. The lowest BCUT2D eigenvalue weighted by molar-refractivity contribution is -0.140. The normalized spacial score (nSPS) is 18.5. The molecular weight excluding hydrogens is 358 g/mol. The number of Topliss-reactive ketones (excluding diaryl/α,β-unsaturated/α-hetero) is 1. The van der Waals surface area contributed by atoms with Crippen LogP contribution in [-0.2, 0) is 14.3 Å². The molecule has 0 aromatic heterocycles. The van der Waals surface area contributed by atoms with Crippen LogP contribution in [0.25, 0.3) is 5.76 Å². The van der Waals surface area contributed by atoms with Gasteiger partial charge in [-0.05, 0) is 36.2 Å². The van der Waals surface area contributed by atoms with Crippen molar-refractivity contribution in [1.82, 2.24) is 4.90 Å². The van der Waals surface area contributed by atoms with Gasteiger partial charge in [-0.15, -0.1) is 0 Å². The molecule has 1 atom stereocenters. The number of likely N-dealkylation sites (tertiary alicyclic amines) is 1. The van der Waals surface area contributed by atoms with Crippen LogP contribution in [0.3, 0.4) is 0 Å².